The van der Waals surface area contributed by atoms with Crippen LogP contribution in [0, 0.1) is 5.92 Å². The van der Waals surface area contributed by atoms with Crippen molar-refractivity contribution in [2.45, 2.75) is 19.0 Å². The zero-order chi connectivity index (χ0) is 17.5. The predicted octanol–water partition coefficient (Wildman–Crippen LogP) is 3.22. The molecule has 5 heteroatoms. The molecule has 0 unspecified atom stereocenters. The largest absolute Gasteiger partial charge is 0.457 e. The normalized spacial score (nSPS) is 18.8. The standard InChI is InChI=1S/C20H22N2O3/c23-14-16-9-10-17(11-16)22-20(24)21-13-15-5-4-8-19(12-15)25-18-6-2-1-3-7-18/h1-10,12,16-17,23H,11,13-14H2,(H2,21,22,24)/t16-,17+/m0/s1. The summed E-state index contributed by atoms with van der Waals surface area (Å²) < 4.78 is 5.80. The van der Waals surface area contributed by atoms with Crippen LogP contribution in [-0.4, -0.2) is 23.8 Å². The Hall–Kier alpha value is -2.79. The Bertz CT molecular complexity index is 731. The Kier molecular flexibility index (Phi) is 5.69. The van der Waals surface area contributed by atoms with Crippen LogP contribution in [0.1, 0.15) is 12.0 Å². The van der Waals surface area contributed by atoms with E-state index >= 15 is 0 Å². The number of urea groups is 1. The third kappa shape index (κ3) is 5.09. The zero-order valence-electron chi connectivity index (χ0n) is 13.9. The first-order valence-corrected chi connectivity index (χ1v) is 8.38. The lowest BCUT2D eigenvalue weighted by atomic mass is 10.1. The number of aliphatic hydroxyl groups is 1. The Labute approximate surface area is 147 Å². The molecule has 3 N–H and O–H groups in total. The summed E-state index contributed by atoms with van der Waals surface area (Å²) in [6.45, 7) is 0.530. The summed E-state index contributed by atoms with van der Waals surface area (Å²) in [6.07, 6.45) is 4.61. The second-order valence-electron chi connectivity index (χ2n) is 6.06. The fourth-order valence-corrected chi connectivity index (χ4v) is 2.76. The molecular weight excluding hydrogens is 316 g/mol. The van der Waals surface area contributed by atoms with E-state index in [0.717, 1.165) is 23.5 Å². The van der Waals surface area contributed by atoms with Crippen molar-refractivity contribution in [3.63, 3.8) is 0 Å². The lowest BCUT2D eigenvalue weighted by Crippen LogP contribution is -2.40. The van der Waals surface area contributed by atoms with Gasteiger partial charge in [0.15, 0.2) is 0 Å². The van der Waals surface area contributed by atoms with Crippen molar-refractivity contribution in [2.24, 2.45) is 5.92 Å². The number of hydrogen-bond acceptors (Lipinski definition) is 3. The number of para-hydroxylation sites is 1. The van der Waals surface area contributed by atoms with Crippen LogP contribution in [-0.2, 0) is 6.54 Å². The quantitative estimate of drug-likeness (QED) is 0.708. The van der Waals surface area contributed by atoms with Gasteiger partial charge in [-0.2, -0.15) is 0 Å². The number of nitrogens with one attached hydrogen (secondary N) is 2. The fourth-order valence-electron chi connectivity index (χ4n) is 2.76. The van der Waals surface area contributed by atoms with E-state index in [-0.39, 0.29) is 24.6 Å². The van der Waals surface area contributed by atoms with Crippen molar-refractivity contribution < 1.29 is 14.6 Å². The van der Waals surface area contributed by atoms with Gasteiger partial charge in [-0.3, -0.25) is 0 Å². The van der Waals surface area contributed by atoms with Gasteiger partial charge in [0.05, 0.1) is 0 Å². The molecule has 130 valence electrons. The highest BCUT2D eigenvalue weighted by Crippen LogP contribution is 2.21. The number of benzene rings is 2. The van der Waals surface area contributed by atoms with Gasteiger partial charge in [0.1, 0.15) is 11.5 Å². The molecule has 0 heterocycles. The highest BCUT2D eigenvalue weighted by atomic mass is 16.5. The maximum Gasteiger partial charge on any atom is 0.315 e. The maximum absolute atomic E-state index is 12.0. The lowest BCUT2D eigenvalue weighted by molar-refractivity contribution is 0.231. The van der Waals surface area contributed by atoms with E-state index in [4.69, 9.17) is 9.84 Å². The highest BCUT2D eigenvalue weighted by Gasteiger charge is 2.19. The van der Waals surface area contributed by atoms with Gasteiger partial charge >= 0.3 is 6.03 Å². The summed E-state index contributed by atoms with van der Waals surface area (Å²) in [6, 6.07) is 17.0. The molecule has 0 bridgehead atoms. The highest BCUT2D eigenvalue weighted by molar-refractivity contribution is 5.74. The molecule has 25 heavy (non-hydrogen) atoms. The smallest absolute Gasteiger partial charge is 0.315 e. The molecule has 1 aliphatic rings. The van der Waals surface area contributed by atoms with Crippen molar-refractivity contribution in [3.05, 3.63) is 72.3 Å². The van der Waals surface area contributed by atoms with Crippen LogP contribution < -0.4 is 15.4 Å². The third-order valence-corrected chi connectivity index (χ3v) is 4.05. The summed E-state index contributed by atoms with van der Waals surface area (Å²) in [5, 5.41) is 14.8. The molecule has 0 aliphatic heterocycles. The van der Waals surface area contributed by atoms with Crippen LogP contribution >= 0.6 is 0 Å². The van der Waals surface area contributed by atoms with Crippen molar-refractivity contribution in [1.29, 1.82) is 0 Å². The Balaban J connectivity index is 1.49. The van der Waals surface area contributed by atoms with E-state index in [2.05, 4.69) is 10.6 Å². The van der Waals surface area contributed by atoms with E-state index < -0.39 is 0 Å². The minimum Gasteiger partial charge on any atom is -0.457 e. The molecular formula is C20H22N2O3. The van der Waals surface area contributed by atoms with Gasteiger partial charge in [0.2, 0.25) is 0 Å². The molecule has 0 fully saturated rings. The van der Waals surface area contributed by atoms with Gasteiger partial charge in [-0.15, -0.1) is 0 Å². The first-order valence-electron chi connectivity index (χ1n) is 8.38. The van der Waals surface area contributed by atoms with Gasteiger partial charge in [-0.1, -0.05) is 42.5 Å². The van der Waals surface area contributed by atoms with E-state index in [1.54, 1.807) is 0 Å². The molecule has 2 aromatic carbocycles. The summed E-state index contributed by atoms with van der Waals surface area (Å²) in [4.78, 5) is 12.0. The summed E-state index contributed by atoms with van der Waals surface area (Å²) in [7, 11) is 0. The minimum atomic E-state index is -0.220. The summed E-state index contributed by atoms with van der Waals surface area (Å²) >= 11 is 0. The van der Waals surface area contributed by atoms with Crippen LogP contribution in [0.15, 0.2) is 66.7 Å². The van der Waals surface area contributed by atoms with Gasteiger partial charge in [-0.25, -0.2) is 4.79 Å². The van der Waals surface area contributed by atoms with Gasteiger partial charge < -0.3 is 20.5 Å². The molecule has 0 aromatic heterocycles. The van der Waals surface area contributed by atoms with Crippen molar-refractivity contribution in [3.8, 4) is 11.5 Å². The number of carbonyl (C=O) groups is 1. The number of amides is 2. The van der Waals surface area contributed by atoms with E-state index in [1.807, 2.05) is 66.7 Å². The Morgan fingerprint density at radius 3 is 2.64 bits per heavy atom. The second-order valence-corrected chi connectivity index (χ2v) is 6.06. The monoisotopic (exact) mass is 338 g/mol. The molecule has 3 rings (SSSR count). The number of ether oxygens (including phenoxy) is 1. The van der Waals surface area contributed by atoms with Crippen molar-refractivity contribution in [2.75, 3.05) is 6.61 Å². The van der Waals surface area contributed by atoms with Crippen LogP contribution in [0.2, 0.25) is 0 Å². The average Bonchev–Trinajstić information content (AvgIpc) is 3.09. The van der Waals surface area contributed by atoms with E-state index in [1.165, 1.54) is 0 Å². The molecule has 1 aliphatic carbocycles. The topological polar surface area (TPSA) is 70.6 Å². The molecule has 0 saturated carbocycles. The molecule has 0 radical (unpaired) electrons. The number of aliphatic hydroxyl groups excluding tert-OH is 1. The van der Waals surface area contributed by atoms with Gasteiger partial charge in [0.25, 0.3) is 0 Å². The van der Waals surface area contributed by atoms with Crippen LogP contribution in [0.3, 0.4) is 0 Å². The van der Waals surface area contributed by atoms with Gasteiger partial charge in [-0.05, 0) is 36.2 Å². The maximum atomic E-state index is 12.0. The first kappa shape index (κ1) is 17.0. The molecule has 2 atom stereocenters. The molecule has 2 amide bonds. The minimum absolute atomic E-state index is 0.0232. The number of carbonyl (C=O) groups excluding carboxylic acids is 1. The molecule has 0 saturated heterocycles. The summed E-state index contributed by atoms with van der Waals surface area (Å²) in [5.74, 6) is 1.64. The van der Waals surface area contributed by atoms with Crippen molar-refractivity contribution in [1.82, 2.24) is 10.6 Å². The first-order chi connectivity index (χ1) is 12.2. The molecule has 0 spiro atoms. The fraction of sp³-hybridized carbons (Fsp3) is 0.250. The summed E-state index contributed by atoms with van der Waals surface area (Å²) in [5.41, 5.74) is 0.957. The lowest BCUT2D eigenvalue weighted by Gasteiger charge is -2.14. The molecule has 5 nitrogen and oxygen atoms in total. The average molecular weight is 338 g/mol. The zero-order valence-corrected chi connectivity index (χ0v) is 13.9. The third-order valence-electron chi connectivity index (χ3n) is 4.05. The SMILES string of the molecule is O=C(NCc1cccc(Oc2ccccc2)c1)N[C@@H]1C=C[C@H](CO)C1. The van der Waals surface area contributed by atoms with E-state index in [0.29, 0.717) is 6.54 Å². The van der Waals surface area contributed by atoms with Crippen LogP contribution in [0.5, 0.6) is 11.5 Å². The van der Waals surface area contributed by atoms with Crippen LogP contribution in [0.25, 0.3) is 0 Å². The Morgan fingerprint density at radius 1 is 1.08 bits per heavy atom. The van der Waals surface area contributed by atoms with Gasteiger partial charge in [0, 0.05) is 25.1 Å². The van der Waals surface area contributed by atoms with E-state index in [9.17, 15) is 4.79 Å². The number of rotatable bonds is 6. The van der Waals surface area contributed by atoms with Crippen LogP contribution in [0.4, 0.5) is 4.79 Å². The molecule has 2 aromatic rings. The number of hydrogen-bond donors (Lipinski definition) is 3. The van der Waals surface area contributed by atoms with Crippen molar-refractivity contribution >= 4 is 6.03 Å². The second kappa shape index (κ2) is 8.35. The Morgan fingerprint density at radius 2 is 1.88 bits per heavy atom. The predicted molar refractivity (Wildman–Crippen MR) is 96.5 cm³/mol.